The third-order valence-corrected chi connectivity index (χ3v) is 3.34. The summed E-state index contributed by atoms with van der Waals surface area (Å²) in [5.74, 6) is 0.299. The van der Waals surface area contributed by atoms with Crippen molar-refractivity contribution in [3.63, 3.8) is 0 Å². The minimum Gasteiger partial charge on any atom is -0.507 e. The van der Waals surface area contributed by atoms with Crippen LogP contribution in [0, 0.1) is 6.92 Å². The molecule has 0 saturated heterocycles. The van der Waals surface area contributed by atoms with Crippen molar-refractivity contribution in [3.8, 4) is 5.75 Å². The highest BCUT2D eigenvalue weighted by Gasteiger charge is 2.20. The molecule has 2 rings (SSSR count). The van der Waals surface area contributed by atoms with E-state index in [-0.39, 0.29) is 0 Å². The number of hydrogen-bond donors (Lipinski definition) is 1. The SMILES string of the molecule is CC[n+]1nc(C)sc1/C=C/c1ccccc1O.F[B-](F)(F)F. The normalized spacial score (nSPS) is 11.4. The lowest BCUT2D eigenvalue weighted by atomic mass is 10.2. The third kappa shape index (κ3) is 6.71. The number of aryl methyl sites for hydroxylation is 2. The molecule has 120 valence electrons. The number of rotatable bonds is 3. The molecule has 1 aromatic heterocycles. The molecule has 0 amide bonds. The van der Waals surface area contributed by atoms with Crippen LogP contribution in [0.3, 0.4) is 0 Å². The van der Waals surface area contributed by atoms with Gasteiger partial charge in [-0.15, -0.1) is 0 Å². The summed E-state index contributed by atoms with van der Waals surface area (Å²) < 4.78 is 41.0. The molecular weight excluding hydrogens is 319 g/mol. The molecule has 0 saturated carbocycles. The number of nitrogens with zero attached hydrogens (tertiary/aromatic N) is 2. The zero-order chi connectivity index (χ0) is 16.8. The van der Waals surface area contributed by atoms with Crippen molar-refractivity contribution < 1.29 is 27.1 Å². The molecule has 0 aliphatic rings. The smallest absolute Gasteiger partial charge is 0.507 e. The highest BCUT2D eigenvalue weighted by atomic mass is 32.1. The molecule has 3 nitrogen and oxygen atoms in total. The van der Waals surface area contributed by atoms with Crippen LogP contribution in [0.25, 0.3) is 12.2 Å². The molecule has 1 N–H and O–H groups in total. The number of phenolic OH excluding ortho intramolecular Hbond substituents is 1. The fourth-order valence-corrected chi connectivity index (χ4v) is 2.43. The summed E-state index contributed by atoms with van der Waals surface area (Å²) in [6.07, 6.45) is 3.90. The molecule has 0 aliphatic heterocycles. The van der Waals surface area contributed by atoms with Crippen LogP contribution in [0.4, 0.5) is 17.3 Å². The summed E-state index contributed by atoms with van der Waals surface area (Å²) in [5, 5.41) is 16.2. The van der Waals surface area contributed by atoms with Gasteiger partial charge in [0.1, 0.15) is 5.75 Å². The molecule has 0 aliphatic carbocycles. The van der Waals surface area contributed by atoms with Crippen LogP contribution in [0.1, 0.15) is 22.5 Å². The fourth-order valence-electron chi connectivity index (χ4n) is 1.58. The van der Waals surface area contributed by atoms with E-state index >= 15 is 0 Å². The number of phenols is 1. The Bertz CT molecular complexity index is 637. The summed E-state index contributed by atoms with van der Waals surface area (Å²) >= 11 is 1.65. The number of para-hydroxylation sites is 1. The first-order chi connectivity index (χ1) is 10.2. The summed E-state index contributed by atoms with van der Waals surface area (Å²) in [6.45, 7) is 4.91. The van der Waals surface area contributed by atoms with Crippen LogP contribution in [0.15, 0.2) is 24.3 Å². The van der Waals surface area contributed by atoms with E-state index in [4.69, 9.17) is 0 Å². The van der Waals surface area contributed by atoms with Crippen LogP contribution >= 0.6 is 11.3 Å². The summed E-state index contributed by atoms with van der Waals surface area (Å²) in [7, 11) is -6.00. The molecule has 0 radical (unpaired) electrons. The lowest BCUT2D eigenvalue weighted by Crippen LogP contribution is -2.36. The van der Waals surface area contributed by atoms with E-state index in [9.17, 15) is 22.4 Å². The van der Waals surface area contributed by atoms with Gasteiger partial charge in [0.05, 0.1) is 0 Å². The minimum atomic E-state index is -6.00. The van der Waals surface area contributed by atoms with E-state index < -0.39 is 7.25 Å². The second-order valence-electron chi connectivity index (χ2n) is 4.16. The predicted octanol–water partition coefficient (Wildman–Crippen LogP) is 3.93. The van der Waals surface area contributed by atoms with Crippen molar-refractivity contribution in [2.75, 3.05) is 0 Å². The first-order valence-electron chi connectivity index (χ1n) is 6.41. The van der Waals surface area contributed by atoms with Crippen LogP contribution in [0.2, 0.25) is 0 Å². The number of halogens is 4. The van der Waals surface area contributed by atoms with Crippen LogP contribution in [0.5, 0.6) is 5.75 Å². The Hall–Kier alpha value is -1.90. The Morgan fingerprint density at radius 2 is 1.82 bits per heavy atom. The maximum Gasteiger partial charge on any atom is 0.673 e. The first kappa shape index (κ1) is 18.2. The summed E-state index contributed by atoms with van der Waals surface area (Å²) in [4.78, 5) is 0. The van der Waals surface area contributed by atoms with Gasteiger partial charge in [0.2, 0.25) is 0 Å². The van der Waals surface area contributed by atoms with Crippen molar-refractivity contribution in [2.45, 2.75) is 20.4 Å². The second kappa shape index (κ2) is 7.93. The summed E-state index contributed by atoms with van der Waals surface area (Å²) in [5.41, 5.74) is 0.821. The Balaban J connectivity index is 0.000000422. The van der Waals surface area contributed by atoms with Gasteiger partial charge in [0.25, 0.3) is 5.01 Å². The third-order valence-electron chi connectivity index (χ3n) is 2.41. The van der Waals surface area contributed by atoms with E-state index in [1.54, 1.807) is 17.4 Å². The van der Waals surface area contributed by atoms with Gasteiger partial charge in [-0.1, -0.05) is 22.9 Å². The summed E-state index contributed by atoms with van der Waals surface area (Å²) in [6, 6.07) is 7.29. The van der Waals surface area contributed by atoms with Crippen molar-refractivity contribution in [2.24, 2.45) is 0 Å². The highest BCUT2D eigenvalue weighted by molar-refractivity contribution is 7.11. The molecule has 22 heavy (non-hydrogen) atoms. The monoisotopic (exact) mass is 334 g/mol. The molecule has 0 bridgehead atoms. The van der Waals surface area contributed by atoms with Crippen molar-refractivity contribution in [1.82, 2.24) is 5.10 Å². The maximum absolute atomic E-state index is 9.75. The van der Waals surface area contributed by atoms with Crippen LogP contribution in [-0.4, -0.2) is 17.5 Å². The Morgan fingerprint density at radius 3 is 2.36 bits per heavy atom. The fraction of sp³-hybridized carbons (Fsp3) is 0.231. The highest BCUT2D eigenvalue weighted by Crippen LogP contribution is 2.19. The molecule has 1 aromatic carbocycles. The molecule has 0 unspecified atom stereocenters. The van der Waals surface area contributed by atoms with E-state index in [1.807, 2.05) is 42.0 Å². The van der Waals surface area contributed by atoms with Gasteiger partial charge in [-0.2, -0.15) is 0 Å². The van der Waals surface area contributed by atoms with Gasteiger partial charge < -0.3 is 22.4 Å². The molecule has 9 heteroatoms. The van der Waals surface area contributed by atoms with Gasteiger partial charge in [0, 0.05) is 16.7 Å². The predicted molar refractivity (Wildman–Crippen MR) is 79.9 cm³/mol. The van der Waals surface area contributed by atoms with E-state index in [0.29, 0.717) is 5.75 Å². The molecule has 1 heterocycles. The Labute approximate surface area is 129 Å². The van der Waals surface area contributed by atoms with Crippen molar-refractivity contribution in [3.05, 3.63) is 39.8 Å². The van der Waals surface area contributed by atoms with Gasteiger partial charge in [0.15, 0.2) is 11.6 Å². The van der Waals surface area contributed by atoms with Crippen LogP contribution < -0.4 is 4.68 Å². The first-order valence-corrected chi connectivity index (χ1v) is 7.23. The van der Waals surface area contributed by atoms with Gasteiger partial charge >= 0.3 is 7.25 Å². The average molecular weight is 334 g/mol. The topological polar surface area (TPSA) is 37.0 Å². The molecule has 2 aromatic rings. The molecule has 0 fully saturated rings. The lowest BCUT2D eigenvalue weighted by molar-refractivity contribution is -0.747. The quantitative estimate of drug-likeness (QED) is 0.525. The lowest BCUT2D eigenvalue weighted by Gasteiger charge is -1.95. The van der Waals surface area contributed by atoms with E-state index in [1.165, 1.54) is 0 Å². The Morgan fingerprint density at radius 1 is 1.23 bits per heavy atom. The minimum absolute atomic E-state index is 0.299. The second-order valence-corrected chi connectivity index (χ2v) is 5.38. The Kier molecular flexibility index (Phi) is 6.54. The maximum atomic E-state index is 9.75. The van der Waals surface area contributed by atoms with E-state index in [2.05, 4.69) is 12.0 Å². The molecular formula is C13H15BF4N2OS. The average Bonchev–Trinajstić information content (AvgIpc) is 2.76. The van der Waals surface area contributed by atoms with Crippen molar-refractivity contribution in [1.29, 1.82) is 0 Å². The zero-order valence-corrected chi connectivity index (χ0v) is 12.8. The van der Waals surface area contributed by atoms with Crippen molar-refractivity contribution >= 4 is 30.7 Å². The molecule has 0 spiro atoms. The van der Waals surface area contributed by atoms with Crippen LogP contribution in [-0.2, 0) is 6.54 Å². The number of aromatic hydroxyl groups is 1. The van der Waals surface area contributed by atoms with Gasteiger partial charge in [-0.05, 0) is 37.3 Å². The largest absolute Gasteiger partial charge is 0.673 e. The number of hydrogen-bond acceptors (Lipinski definition) is 3. The number of aromatic nitrogens is 2. The number of benzene rings is 1. The standard InChI is InChI=1S/C13H14N2OS.BF4/c1-3-15-13(17-10(2)14-15)9-8-11-6-4-5-7-12(11)16;2-1(3,4)5/h4-9H,3H2,1-2H3;/q;-1/p+1. The van der Waals surface area contributed by atoms with E-state index in [0.717, 1.165) is 22.1 Å². The zero-order valence-electron chi connectivity index (χ0n) is 12.0. The van der Waals surface area contributed by atoms with Gasteiger partial charge in [-0.3, -0.25) is 0 Å². The van der Waals surface area contributed by atoms with Gasteiger partial charge in [-0.25, -0.2) is 0 Å². The molecule has 0 atom stereocenters.